The van der Waals surface area contributed by atoms with Crippen molar-refractivity contribution in [3.63, 3.8) is 0 Å². The van der Waals surface area contributed by atoms with Gasteiger partial charge in [0.1, 0.15) is 11.6 Å². The van der Waals surface area contributed by atoms with Crippen LogP contribution in [0.15, 0.2) is 48.5 Å². The van der Waals surface area contributed by atoms with Crippen LogP contribution in [0.4, 0.5) is 4.39 Å². The Kier molecular flexibility index (Phi) is 9.97. The molecule has 154 valence electrons. The van der Waals surface area contributed by atoms with Gasteiger partial charge >= 0.3 is 0 Å². The molecule has 0 aromatic heterocycles. The minimum absolute atomic E-state index is 0.0348. The number of rotatable bonds is 13. The van der Waals surface area contributed by atoms with Crippen LogP contribution in [-0.2, 0) is 6.42 Å². The second-order valence-electron chi connectivity index (χ2n) is 7.22. The van der Waals surface area contributed by atoms with E-state index in [1.807, 2.05) is 36.4 Å². The maximum atomic E-state index is 12.9. The molecule has 0 bridgehead atoms. The van der Waals surface area contributed by atoms with Gasteiger partial charge in [0.05, 0.1) is 12.7 Å². The molecule has 0 aliphatic rings. The summed E-state index contributed by atoms with van der Waals surface area (Å²) in [6.45, 7) is 0.643. The molecule has 2 aromatic rings. The van der Waals surface area contributed by atoms with Crippen LogP contribution in [0.25, 0.3) is 0 Å². The highest BCUT2D eigenvalue weighted by molar-refractivity contribution is 5.29. The number of unbranched alkanes of at least 4 members (excludes halogenated alkanes) is 3. The second-order valence-corrected chi connectivity index (χ2v) is 7.22. The molecule has 2 atom stereocenters. The molecule has 2 unspecified atom stereocenters. The van der Waals surface area contributed by atoms with Crippen molar-refractivity contribution < 1.29 is 19.3 Å². The van der Waals surface area contributed by atoms with E-state index in [1.54, 1.807) is 0 Å². The summed E-state index contributed by atoms with van der Waals surface area (Å²) in [6, 6.07) is 14.1. The van der Waals surface area contributed by atoms with Gasteiger partial charge in [-0.1, -0.05) is 37.1 Å². The van der Waals surface area contributed by atoms with E-state index in [0.29, 0.717) is 19.4 Å². The van der Waals surface area contributed by atoms with Crippen molar-refractivity contribution in [3.05, 3.63) is 65.5 Å². The normalized spacial score (nSPS) is 13.3. The van der Waals surface area contributed by atoms with Crippen molar-refractivity contribution >= 4 is 0 Å². The second kappa shape index (κ2) is 12.5. The SMILES string of the molecule is NC(CC(O)CCO)c1ccc(OCCCCCCc2ccc(F)cc2)cc1. The molecule has 28 heavy (non-hydrogen) atoms. The Morgan fingerprint density at radius 3 is 2.29 bits per heavy atom. The fourth-order valence-electron chi connectivity index (χ4n) is 3.13. The fraction of sp³-hybridized carbons (Fsp3) is 0.478. The molecule has 2 aromatic carbocycles. The lowest BCUT2D eigenvalue weighted by Crippen LogP contribution is -2.19. The average Bonchev–Trinajstić information content (AvgIpc) is 2.69. The fourth-order valence-corrected chi connectivity index (χ4v) is 3.13. The lowest BCUT2D eigenvalue weighted by Gasteiger charge is -2.16. The smallest absolute Gasteiger partial charge is 0.123 e. The highest BCUT2D eigenvalue weighted by Gasteiger charge is 2.12. The molecular weight excluding hydrogens is 357 g/mol. The molecule has 0 heterocycles. The Morgan fingerprint density at radius 2 is 1.61 bits per heavy atom. The van der Waals surface area contributed by atoms with Crippen LogP contribution in [0.3, 0.4) is 0 Å². The van der Waals surface area contributed by atoms with Crippen LogP contribution in [0.5, 0.6) is 5.75 Å². The van der Waals surface area contributed by atoms with E-state index in [1.165, 1.54) is 17.7 Å². The van der Waals surface area contributed by atoms with Gasteiger partial charge in [-0.15, -0.1) is 0 Å². The van der Waals surface area contributed by atoms with Crippen molar-refractivity contribution in [1.82, 2.24) is 0 Å². The standard InChI is InChI=1S/C23H32FNO3/c24-20-10-6-18(7-11-20)5-3-1-2-4-16-28-22-12-8-19(9-13-22)23(25)17-21(27)14-15-26/h6-13,21,23,26-27H,1-5,14-17,25H2. The summed E-state index contributed by atoms with van der Waals surface area (Å²) in [5.41, 5.74) is 8.22. The number of aliphatic hydroxyl groups is 2. The molecule has 0 spiro atoms. The van der Waals surface area contributed by atoms with Gasteiger partial charge < -0.3 is 20.7 Å². The number of ether oxygens (including phenoxy) is 1. The van der Waals surface area contributed by atoms with Crippen LogP contribution in [0.1, 0.15) is 55.7 Å². The first-order valence-corrected chi connectivity index (χ1v) is 10.1. The molecule has 0 saturated carbocycles. The average molecular weight is 390 g/mol. The third-order valence-electron chi connectivity index (χ3n) is 4.84. The van der Waals surface area contributed by atoms with Crippen LogP contribution in [-0.4, -0.2) is 29.5 Å². The topological polar surface area (TPSA) is 75.7 Å². The highest BCUT2D eigenvalue weighted by atomic mass is 19.1. The largest absolute Gasteiger partial charge is 0.494 e. The van der Waals surface area contributed by atoms with E-state index in [0.717, 1.165) is 43.4 Å². The summed E-state index contributed by atoms with van der Waals surface area (Å²) in [5.74, 6) is 0.633. The summed E-state index contributed by atoms with van der Waals surface area (Å²) < 4.78 is 18.6. The molecule has 5 heteroatoms. The monoisotopic (exact) mass is 389 g/mol. The van der Waals surface area contributed by atoms with Gasteiger partial charge in [0, 0.05) is 12.6 Å². The number of aryl methyl sites for hydroxylation is 1. The molecule has 0 saturated heterocycles. The van der Waals surface area contributed by atoms with Crippen molar-refractivity contribution in [3.8, 4) is 5.75 Å². The van der Waals surface area contributed by atoms with E-state index in [4.69, 9.17) is 15.6 Å². The molecule has 0 radical (unpaired) electrons. The number of hydrogen-bond donors (Lipinski definition) is 3. The van der Waals surface area contributed by atoms with Gasteiger partial charge in [-0.3, -0.25) is 0 Å². The molecule has 0 aliphatic carbocycles. The summed E-state index contributed by atoms with van der Waals surface area (Å²) >= 11 is 0. The van der Waals surface area contributed by atoms with Gasteiger partial charge in [0.2, 0.25) is 0 Å². The minimum atomic E-state index is -0.584. The van der Waals surface area contributed by atoms with Crippen molar-refractivity contribution in [2.45, 2.75) is 57.1 Å². The third kappa shape index (κ3) is 8.38. The molecule has 2 rings (SSSR count). The van der Waals surface area contributed by atoms with Crippen molar-refractivity contribution in [2.75, 3.05) is 13.2 Å². The zero-order valence-corrected chi connectivity index (χ0v) is 16.4. The Bertz CT molecular complexity index is 661. The first kappa shape index (κ1) is 22.3. The van der Waals surface area contributed by atoms with E-state index in [-0.39, 0.29) is 18.5 Å². The maximum Gasteiger partial charge on any atom is 0.123 e. The zero-order valence-electron chi connectivity index (χ0n) is 16.4. The van der Waals surface area contributed by atoms with E-state index < -0.39 is 6.10 Å². The van der Waals surface area contributed by atoms with Gasteiger partial charge in [-0.2, -0.15) is 0 Å². The zero-order chi connectivity index (χ0) is 20.2. The molecule has 0 amide bonds. The minimum Gasteiger partial charge on any atom is -0.494 e. The van der Waals surface area contributed by atoms with Crippen LogP contribution < -0.4 is 10.5 Å². The van der Waals surface area contributed by atoms with Gasteiger partial charge in [0.15, 0.2) is 0 Å². The molecule has 4 nitrogen and oxygen atoms in total. The predicted molar refractivity (Wildman–Crippen MR) is 110 cm³/mol. The molecule has 4 N–H and O–H groups in total. The first-order valence-electron chi connectivity index (χ1n) is 10.1. The van der Waals surface area contributed by atoms with Gasteiger partial charge in [-0.05, 0) is 67.5 Å². The lowest BCUT2D eigenvalue weighted by molar-refractivity contribution is 0.118. The van der Waals surface area contributed by atoms with Crippen molar-refractivity contribution in [1.29, 1.82) is 0 Å². The quantitative estimate of drug-likeness (QED) is 0.450. The Balaban J connectivity index is 1.58. The third-order valence-corrected chi connectivity index (χ3v) is 4.84. The summed E-state index contributed by atoms with van der Waals surface area (Å²) in [7, 11) is 0. The van der Waals surface area contributed by atoms with E-state index in [2.05, 4.69) is 0 Å². The molecule has 0 fully saturated rings. The summed E-state index contributed by atoms with van der Waals surface area (Å²) in [6.07, 6.45) is 5.50. The maximum absolute atomic E-state index is 12.9. The summed E-state index contributed by atoms with van der Waals surface area (Å²) in [5, 5.41) is 18.6. The number of aliphatic hydroxyl groups excluding tert-OH is 2. The summed E-state index contributed by atoms with van der Waals surface area (Å²) in [4.78, 5) is 0. The highest BCUT2D eigenvalue weighted by Crippen LogP contribution is 2.21. The molecule has 0 aliphatic heterocycles. The Labute approximate surface area is 167 Å². The molecular formula is C23H32FNO3. The number of nitrogens with two attached hydrogens (primary N) is 1. The van der Waals surface area contributed by atoms with Crippen LogP contribution in [0.2, 0.25) is 0 Å². The van der Waals surface area contributed by atoms with Crippen LogP contribution in [0, 0.1) is 5.82 Å². The van der Waals surface area contributed by atoms with Crippen LogP contribution >= 0.6 is 0 Å². The number of hydrogen-bond acceptors (Lipinski definition) is 4. The van der Waals surface area contributed by atoms with E-state index in [9.17, 15) is 9.50 Å². The lowest BCUT2D eigenvalue weighted by atomic mass is 10.0. The Hall–Kier alpha value is -1.95. The van der Waals surface area contributed by atoms with Gasteiger partial charge in [-0.25, -0.2) is 4.39 Å². The van der Waals surface area contributed by atoms with E-state index >= 15 is 0 Å². The van der Waals surface area contributed by atoms with Gasteiger partial charge in [0.25, 0.3) is 0 Å². The Morgan fingerprint density at radius 1 is 0.929 bits per heavy atom. The first-order chi connectivity index (χ1) is 13.6. The van der Waals surface area contributed by atoms with Crippen molar-refractivity contribution in [2.24, 2.45) is 5.73 Å². The predicted octanol–water partition coefficient (Wildman–Crippen LogP) is 4.14. The number of halogens is 1. The number of benzene rings is 2.